The van der Waals surface area contributed by atoms with Crippen LogP contribution in [-0.4, -0.2) is 54.4 Å². The second kappa shape index (κ2) is 8.79. The first-order valence-corrected chi connectivity index (χ1v) is 7.46. The molecule has 2 N–H and O–H groups in total. The molecular formula is C14H26N2O4. The van der Waals surface area contributed by atoms with Gasteiger partial charge in [0.05, 0.1) is 12.5 Å². The Balaban J connectivity index is 2.50. The summed E-state index contributed by atoms with van der Waals surface area (Å²) in [5.41, 5.74) is 0. The van der Waals surface area contributed by atoms with Crippen molar-refractivity contribution in [2.24, 2.45) is 5.92 Å². The number of carbonyl (C=O) groups is 2. The van der Waals surface area contributed by atoms with Gasteiger partial charge in [-0.1, -0.05) is 12.8 Å². The number of aliphatic carboxylic acids is 1. The molecule has 20 heavy (non-hydrogen) atoms. The lowest BCUT2D eigenvalue weighted by molar-refractivity contribution is -0.143. The molecule has 0 aliphatic heterocycles. The Bertz CT molecular complexity index is 322. The molecule has 1 aliphatic rings. The van der Waals surface area contributed by atoms with Crippen molar-refractivity contribution >= 4 is 12.0 Å². The van der Waals surface area contributed by atoms with Crippen molar-refractivity contribution in [3.63, 3.8) is 0 Å². The van der Waals surface area contributed by atoms with Crippen LogP contribution < -0.4 is 5.32 Å². The second-order valence-electron chi connectivity index (χ2n) is 5.06. The smallest absolute Gasteiger partial charge is 0.317 e. The van der Waals surface area contributed by atoms with E-state index in [4.69, 9.17) is 4.74 Å². The van der Waals surface area contributed by atoms with Gasteiger partial charge in [0.15, 0.2) is 0 Å². The molecule has 0 saturated heterocycles. The Hall–Kier alpha value is -1.30. The summed E-state index contributed by atoms with van der Waals surface area (Å²) in [5.74, 6) is -1.27. The van der Waals surface area contributed by atoms with Gasteiger partial charge in [-0.2, -0.15) is 0 Å². The maximum atomic E-state index is 12.2. The Morgan fingerprint density at radius 1 is 1.30 bits per heavy atom. The van der Waals surface area contributed by atoms with Gasteiger partial charge < -0.3 is 20.1 Å². The van der Waals surface area contributed by atoms with Crippen molar-refractivity contribution in [2.45, 2.75) is 45.6 Å². The summed E-state index contributed by atoms with van der Waals surface area (Å²) in [6.07, 6.45) is 3.28. The van der Waals surface area contributed by atoms with Crippen LogP contribution in [0.2, 0.25) is 0 Å². The number of amides is 2. The van der Waals surface area contributed by atoms with Crippen LogP contribution in [0.3, 0.4) is 0 Å². The third-order valence-corrected chi connectivity index (χ3v) is 3.77. The molecule has 1 rings (SSSR count). The zero-order chi connectivity index (χ0) is 15.0. The number of hydrogen-bond donors (Lipinski definition) is 2. The minimum absolute atomic E-state index is 0.189. The van der Waals surface area contributed by atoms with Gasteiger partial charge in [-0.3, -0.25) is 4.79 Å². The molecule has 1 fully saturated rings. The fourth-order valence-corrected chi connectivity index (χ4v) is 2.57. The monoisotopic (exact) mass is 286 g/mol. The molecule has 0 aromatic carbocycles. The number of rotatable bonds is 7. The van der Waals surface area contributed by atoms with Gasteiger partial charge in [0, 0.05) is 25.7 Å². The van der Waals surface area contributed by atoms with Gasteiger partial charge >= 0.3 is 12.0 Å². The predicted molar refractivity (Wildman–Crippen MR) is 75.7 cm³/mol. The highest BCUT2D eigenvalue weighted by molar-refractivity contribution is 5.77. The molecule has 0 radical (unpaired) electrons. The van der Waals surface area contributed by atoms with Gasteiger partial charge in [0.1, 0.15) is 0 Å². The van der Waals surface area contributed by atoms with Crippen LogP contribution in [0.4, 0.5) is 4.79 Å². The number of nitrogens with one attached hydrogen (secondary N) is 1. The second-order valence-corrected chi connectivity index (χ2v) is 5.06. The van der Waals surface area contributed by atoms with E-state index in [1.54, 1.807) is 4.90 Å². The standard InChI is InChI=1S/C14H26N2O4/c1-3-16(9-10-20-4-2)14(19)15-12-8-6-5-7-11(12)13(17)18/h11-12H,3-10H2,1-2H3,(H,15,19)(H,17,18). The molecule has 1 saturated carbocycles. The molecule has 0 bridgehead atoms. The summed E-state index contributed by atoms with van der Waals surface area (Å²) in [6, 6.07) is -0.444. The number of nitrogens with zero attached hydrogens (tertiary/aromatic N) is 1. The molecule has 2 amide bonds. The third-order valence-electron chi connectivity index (χ3n) is 3.77. The number of carbonyl (C=O) groups excluding carboxylic acids is 1. The molecule has 0 spiro atoms. The molecule has 1 aliphatic carbocycles. The number of ether oxygens (including phenoxy) is 1. The zero-order valence-electron chi connectivity index (χ0n) is 12.4. The van der Waals surface area contributed by atoms with Crippen molar-refractivity contribution in [3.05, 3.63) is 0 Å². The average Bonchev–Trinajstić information content (AvgIpc) is 2.44. The summed E-state index contributed by atoms with van der Waals surface area (Å²) in [5, 5.41) is 12.1. The lowest BCUT2D eigenvalue weighted by Crippen LogP contribution is -2.50. The first-order chi connectivity index (χ1) is 9.60. The predicted octanol–water partition coefficient (Wildman–Crippen LogP) is 1.70. The molecule has 0 aromatic heterocycles. The van der Waals surface area contributed by atoms with Gasteiger partial charge in [-0.05, 0) is 26.7 Å². The number of hydrogen-bond acceptors (Lipinski definition) is 3. The van der Waals surface area contributed by atoms with Crippen LogP contribution in [0.25, 0.3) is 0 Å². The quantitative estimate of drug-likeness (QED) is 0.698. The topological polar surface area (TPSA) is 78.9 Å². The van der Waals surface area contributed by atoms with Gasteiger partial charge in [0.2, 0.25) is 0 Å². The van der Waals surface area contributed by atoms with Crippen LogP contribution in [0, 0.1) is 5.92 Å². The van der Waals surface area contributed by atoms with Crippen molar-refractivity contribution in [2.75, 3.05) is 26.3 Å². The lowest BCUT2D eigenvalue weighted by atomic mass is 9.84. The maximum Gasteiger partial charge on any atom is 0.317 e. The summed E-state index contributed by atoms with van der Waals surface area (Å²) < 4.78 is 5.25. The molecule has 2 unspecified atom stereocenters. The normalized spacial score (nSPS) is 22.3. The van der Waals surface area contributed by atoms with E-state index in [9.17, 15) is 14.7 Å². The highest BCUT2D eigenvalue weighted by Gasteiger charge is 2.32. The molecule has 116 valence electrons. The third kappa shape index (κ3) is 5.00. The molecule has 0 heterocycles. The van der Waals surface area contributed by atoms with E-state index in [0.29, 0.717) is 32.7 Å². The zero-order valence-corrected chi connectivity index (χ0v) is 12.4. The average molecular weight is 286 g/mol. The maximum absolute atomic E-state index is 12.2. The van der Waals surface area contributed by atoms with Crippen molar-refractivity contribution < 1.29 is 19.4 Å². The van der Waals surface area contributed by atoms with E-state index in [1.165, 1.54) is 0 Å². The summed E-state index contributed by atoms with van der Waals surface area (Å²) in [4.78, 5) is 25.0. The van der Waals surface area contributed by atoms with Crippen LogP contribution in [-0.2, 0) is 9.53 Å². The van der Waals surface area contributed by atoms with Gasteiger partial charge in [0.25, 0.3) is 0 Å². The molecule has 0 aromatic rings. The van der Waals surface area contributed by atoms with E-state index < -0.39 is 11.9 Å². The number of urea groups is 1. The first-order valence-electron chi connectivity index (χ1n) is 7.46. The van der Waals surface area contributed by atoms with E-state index in [2.05, 4.69) is 5.32 Å². The van der Waals surface area contributed by atoms with Crippen molar-refractivity contribution in [3.8, 4) is 0 Å². The highest BCUT2D eigenvalue weighted by atomic mass is 16.5. The van der Waals surface area contributed by atoms with Crippen molar-refractivity contribution in [1.29, 1.82) is 0 Å². The Labute approximate surface area is 120 Å². The van der Waals surface area contributed by atoms with Crippen LogP contribution in [0.5, 0.6) is 0 Å². The first kappa shape index (κ1) is 16.8. The number of carboxylic acids is 1. The molecule has 6 nitrogen and oxygen atoms in total. The largest absolute Gasteiger partial charge is 0.481 e. The lowest BCUT2D eigenvalue weighted by Gasteiger charge is -2.31. The number of carboxylic acid groups (broad SMARTS) is 1. The van der Waals surface area contributed by atoms with Crippen LogP contribution in [0.1, 0.15) is 39.5 Å². The van der Waals surface area contributed by atoms with Gasteiger partial charge in [-0.15, -0.1) is 0 Å². The Morgan fingerprint density at radius 3 is 2.60 bits per heavy atom. The van der Waals surface area contributed by atoms with E-state index >= 15 is 0 Å². The van der Waals surface area contributed by atoms with Crippen LogP contribution in [0.15, 0.2) is 0 Å². The molecule has 6 heteroatoms. The van der Waals surface area contributed by atoms with E-state index in [1.807, 2.05) is 13.8 Å². The Kier molecular flexibility index (Phi) is 7.36. The highest BCUT2D eigenvalue weighted by Crippen LogP contribution is 2.24. The van der Waals surface area contributed by atoms with Crippen LogP contribution >= 0.6 is 0 Å². The summed E-state index contributed by atoms with van der Waals surface area (Å²) >= 11 is 0. The minimum Gasteiger partial charge on any atom is -0.481 e. The summed E-state index contributed by atoms with van der Waals surface area (Å²) in [6.45, 7) is 6.06. The SMILES string of the molecule is CCOCCN(CC)C(=O)NC1CCCCC1C(=O)O. The molecule has 2 atom stereocenters. The van der Waals surface area contributed by atoms with Crippen molar-refractivity contribution in [1.82, 2.24) is 10.2 Å². The Morgan fingerprint density at radius 2 is 2.00 bits per heavy atom. The van der Waals surface area contributed by atoms with Gasteiger partial charge in [-0.25, -0.2) is 4.79 Å². The fourth-order valence-electron chi connectivity index (χ4n) is 2.57. The summed E-state index contributed by atoms with van der Waals surface area (Å²) in [7, 11) is 0. The van der Waals surface area contributed by atoms with E-state index in [0.717, 1.165) is 19.3 Å². The fraction of sp³-hybridized carbons (Fsp3) is 0.857. The molecular weight excluding hydrogens is 260 g/mol. The number of likely N-dealkylation sites (N-methyl/N-ethyl adjacent to an activating group) is 1. The minimum atomic E-state index is -0.813. The van der Waals surface area contributed by atoms with E-state index in [-0.39, 0.29) is 12.1 Å².